The lowest BCUT2D eigenvalue weighted by atomic mass is 10.1. The Morgan fingerprint density at radius 2 is 1.85 bits per heavy atom. The van der Waals surface area contributed by atoms with Gasteiger partial charge < -0.3 is 10.2 Å². The van der Waals surface area contributed by atoms with Crippen LogP contribution in [0.2, 0.25) is 0 Å². The molecule has 0 fully saturated rings. The average Bonchev–Trinajstić information content (AvgIpc) is 2.43. The molecule has 0 heterocycles. The molecule has 1 aromatic rings. The molecule has 0 radical (unpaired) electrons. The number of hydrogen-bond donors (Lipinski definition) is 1. The zero-order valence-corrected chi connectivity index (χ0v) is 12.7. The number of rotatable bonds is 8. The van der Waals surface area contributed by atoms with Crippen LogP contribution in [0.4, 0.5) is 4.39 Å². The maximum Gasteiger partial charge on any atom is 0.223 e. The fourth-order valence-corrected chi connectivity index (χ4v) is 2.21. The summed E-state index contributed by atoms with van der Waals surface area (Å²) in [5, 5.41) is 3.34. The molecule has 0 aliphatic rings. The minimum atomic E-state index is -0.209. The van der Waals surface area contributed by atoms with Gasteiger partial charge in [-0.05, 0) is 44.9 Å². The number of halogens is 1. The quantitative estimate of drug-likeness (QED) is 0.794. The van der Waals surface area contributed by atoms with Gasteiger partial charge in [0.15, 0.2) is 0 Å². The fraction of sp³-hybridized carbons (Fsp3) is 0.562. The van der Waals surface area contributed by atoms with E-state index in [9.17, 15) is 9.18 Å². The standard InChI is InChI=1S/C16H25FN2O/c1-4-19(5-2)16(20)10-11-18-13(3)12-14-6-8-15(17)9-7-14/h6-9,13,18H,4-5,10-12H2,1-3H3. The van der Waals surface area contributed by atoms with Crippen molar-refractivity contribution in [1.29, 1.82) is 0 Å². The third kappa shape index (κ3) is 5.70. The van der Waals surface area contributed by atoms with Crippen LogP contribution in [-0.4, -0.2) is 36.5 Å². The van der Waals surface area contributed by atoms with Gasteiger partial charge in [-0.2, -0.15) is 0 Å². The summed E-state index contributed by atoms with van der Waals surface area (Å²) >= 11 is 0. The van der Waals surface area contributed by atoms with E-state index in [1.54, 1.807) is 12.1 Å². The Balaban J connectivity index is 2.28. The third-order valence-corrected chi connectivity index (χ3v) is 3.40. The average molecular weight is 280 g/mol. The van der Waals surface area contributed by atoms with Gasteiger partial charge in [-0.1, -0.05) is 12.1 Å². The smallest absolute Gasteiger partial charge is 0.223 e. The molecule has 0 aromatic heterocycles. The maximum atomic E-state index is 12.8. The lowest BCUT2D eigenvalue weighted by Gasteiger charge is -2.19. The summed E-state index contributed by atoms with van der Waals surface area (Å²) in [4.78, 5) is 13.7. The Kier molecular flexibility index (Phi) is 7.23. The van der Waals surface area contributed by atoms with E-state index in [0.717, 1.165) is 25.1 Å². The summed E-state index contributed by atoms with van der Waals surface area (Å²) in [6.07, 6.45) is 1.36. The van der Waals surface area contributed by atoms with Crippen LogP contribution in [0.5, 0.6) is 0 Å². The number of benzene rings is 1. The van der Waals surface area contributed by atoms with Crippen LogP contribution in [0, 0.1) is 5.82 Å². The van der Waals surface area contributed by atoms with Crippen LogP contribution in [0.1, 0.15) is 32.8 Å². The molecular weight excluding hydrogens is 255 g/mol. The van der Waals surface area contributed by atoms with Gasteiger partial charge in [-0.3, -0.25) is 4.79 Å². The van der Waals surface area contributed by atoms with E-state index in [0.29, 0.717) is 13.0 Å². The predicted molar refractivity (Wildman–Crippen MR) is 80.1 cm³/mol. The van der Waals surface area contributed by atoms with E-state index in [1.807, 2.05) is 18.7 Å². The minimum absolute atomic E-state index is 0.191. The van der Waals surface area contributed by atoms with Crippen molar-refractivity contribution in [2.75, 3.05) is 19.6 Å². The van der Waals surface area contributed by atoms with Crippen molar-refractivity contribution < 1.29 is 9.18 Å². The zero-order chi connectivity index (χ0) is 15.0. The lowest BCUT2D eigenvalue weighted by molar-refractivity contribution is -0.130. The summed E-state index contributed by atoms with van der Waals surface area (Å²) < 4.78 is 12.8. The lowest BCUT2D eigenvalue weighted by Crippen LogP contribution is -2.35. The second-order valence-electron chi connectivity index (χ2n) is 5.00. The number of nitrogens with zero attached hydrogens (tertiary/aromatic N) is 1. The van der Waals surface area contributed by atoms with Gasteiger partial charge in [-0.15, -0.1) is 0 Å². The van der Waals surface area contributed by atoms with Gasteiger partial charge in [0.05, 0.1) is 0 Å². The summed E-state index contributed by atoms with van der Waals surface area (Å²) in [6, 6.07) is 6.83. The van der Waals surface area contributed by atoms with Gasteiger partial charge >= 0.3 is 0 Å². The van der Waals surface area contributed by atoms with Crippen LogP contribution in [-0.2, 0) is 11.2 Å². The van der Waals surface area contributed by atoms with Gasteiger partial charge in [0.1, 0.15) is 5.82 Å². The Morgan fingerprint density at radius 3 is 2.40 bits per heavy atom. The van der Waals surface area contributed by atoms with E-state index in [2.05, 4.69) is 12.2 Å². The summed E-state index contributed by atoms with van der Waals surface area (Å²) in [5.74, 6) is -0.0179. The molecule has 1 amide bonds. The van der Waals surface area contributed by atoms with Crippen LogP contribution >= 0.6 is 0 Å². The highest BCUT2D eigenvalue weighted by atomic mass is 19.1. The monoisotopic (exact) mass is 280 g/mol. The van der Waals surface area contributed by atoms with Crippen LogP contribution < -0.4 is 5.32 Å². The highest BCUT2D eigenvalue weighted by Gasteiger charge is 2.10. The molecule has 1 unspecified atom stereocenters. The molecule has 1 N–H and O–H groups in total. The first-order valence-electron chi connectivity index (χ1n) is 7.32. The molecule has 0 spiro atoms. The van der Waals surface area contributed by atoms with Crippen molar-refractivity contribution in [2.45, 2.75) is 39.7 Å². The summed E-state index contributed by atoms with van der Waals surface area (Å²) in [6.45, 7) is 8.27. The molecule has 0 saturated carbocycles. The molecule has 20 heavy (non-hydrogen) atoms. The summed E-state index contributed by atoms with van der Waals surface area (Å²) in [5.41, 5.74) is 1.10. The van der Waals surface area contributed by atoms with E-state index in [-0.39, 0.29) is 17.8 Å². The zero-order valence-electron chi connectivity index (χ0n) is 12.7. The number of hydrogen-bond acceptors (Lipinski definition) is 2. The van der Waals surface area contributed by atoms with Crippen molar-refractivity contribution in [3.05, 3.63) is 35.6 Å². The molecule has 0 aliphatic heterocycles. The number of nitrogens with one attached hydrogen (secondary N) is 1. The molecule has 3 nitrogen and oxygen atoms in total. The van der Waals surface area contributed by atoms with E-state index < -0.39 is 0 Å². The van der Waals surface area contributed by atoms with Crippen molar-refractivity contribution >= 4 is 5.91 Å². The van der Waals surface area contributed by atoms with E-state index in [1.165, 1.54) is 12.1 Å². The highest BCUT2D eigenvalue weighted by molar-refractivity contribution is 5.76. The maximum absolute atomic E-state index is 12.8. The Bertz CT molecular complexity index is 401. The van der Waals surface area contributed by atoms with Crippen molar-refractivity contribution in [1.82, 2.24) is 10.2 Å². The Labute approximate surface area is 121 Å². The molecule has 0 bridgehead atoms. The van der Waals surface area contributed by atoms with Crippen LogP contribution in [0.15, 0.2) is 24.3 Å². The van der Waals surface area contributed by atoms with Crippen molar-refractivity contribution in [3.8, 4) is 0 Å². The largest absolute Gasteiger partial charge is 0.343 e. The van der Waals surface area contributed by atoms with E-state index in [4.69, 9.17) is 0 Å². The molecule has 1 atom stereocenters. The first-order valence-corrected chi connectivity index (χ1v) is 7.32. The highest BCUT2D eigenvalue weighted by Crippen LogP contribution is 2.05. The minimum Gasteiger partial charge on any atom is -0.343 e. The summed E-state index contributed by atoms with van der Waals surface area (Å²) in [7, 11) is 0. The van der Waals surface area contributed by atoms with E-state index >= 15 is 0 Å². The molecular formula is C16H25FN2O. The number of carbonyl (C=O) groups excluding carboxylic acids is 1. The molecule has 4 heteroatoms. The van der Waals surface area contributed by atoms with Crippen LogP contribution in [0.3, 0.4) is 0 Å². The fourth-order valence-electron chi connectivity index (χ4n) is 2.21. The first kappa shape index (κ1) is 16.6. The van der Waals surface area contributed by atoms with Crippen LogP contribution in [0.25, 0.3) is 0 Å². The normalized spacial score (nSPS) is 12.2. The van der Waals surface area contributed by atoms with Gasteiger partial charge in [0.25, 0.3) is 0 Å². The van der Waals surface area contributed by atoms with Crippen molar-refractivity contribution in [2.24, 2.45) is 0 Å². The number of amides is 1. The first-order chi connectivity index (χ1) is 9.56. The second kappa shape index (κ2) is 8.69. The van der Waals surface area contributed by atoms with Gasteiger partial charge in [0, 0.05) is 32.1 Å². The Hall–Kier alpha value is -1.42. The molecule has 0 aliphatic carbocycles. The molecule has 1 rings (SSSR count). The Morgan fingerprint density at radius 1 is 1.25 bits per heavy atom. The topological polar surface area (TPSA) is 32.3 Å². The van der Waals surface area contributed by atoms with Crippen molar-refractivity contribution in [3.63, 3.8) is 0 Å². The molecule has 0 saturated heterocycles. The molecule has 1 aromatic carbocycles. The van der Waals surface area contributed by atoms with Gasteiger partial charge in [-0.25, -0.2) is 4.39 Å². The number of carbonyl (C=O) groups is 1. The second-order valence-corrected chi connectivity index (χ2v) is 5.00. The third-order valence-electron chi connectivity index (χ3n) is 3.40. The predicted octanol–water partition coefficient (Wildman–Crippen LogP) is 2.60. The molecule has 112 valence electrons. The SMILES string of the molecule is CCN(CC)C(=O)CCNC(C)Cc1ccc(F)cc1. The van der Waals surface area contributed by atoms with Gasteiger partial charge in [0.2, 0.25) is 5.91 Å².